The molecular weight excluding hydrogens is 300 g/mol. The number of hydrogen-bond donors (Lipinski definition) is 2. The fourth-order valence-electron chi connectivity index (χ4n) is 2.50. The molecular formula is C16H25BrN2. The van der Waals surface area contributed by atoms with Crippen LogP contribution in [0, 0.1) is 11.8 Å². The first-order valence-electron chi connectivity index (χ1n) is 7.22. The molecule has 1 aliphatic rings. The molecule has 0 radical (unpaired) electrons. The molecule has 0 bridgehead atoms. The third-order valence-electron chi connectivity index (χ3n) is 4.24. The summed E-state index contributed by atoms with van der Waals surface area (Å²) in [6, 6.07) is 8.53. The van der Waals surface area contributed by atoms with Crippen molar-refractivity contribution in [2.24, 2.45) is 17.6 Å². The van der Waals surface area contributed by atoms with E-state index in [-0.39, 0.29) is 5.54 Å². The van der Waals surface area contributed by atoms with Gasteiger partial charge in [-0.2, -0.15) is 0 Å². The van der Waals surface area contributed by atoms with E-state index < -0.39 is 0 Å². The molecule has 2 atom stereocenters. The summed E-state index contributed by atoms with van der Waals surface area (Å²) in [4.78, 5) is 0. The molecule has 0 aromatic heterocycles. The van der Waals surface area contributed by atoms with Crippen molar-refractivity contribution in [2.45, 2.75) is 38.6 Å². The van der Waals surface area contributed by atoms with E-state index in [0.717, 1.165) is 29.3 Å². The van der Waals surface area contributed by atoms with Crippen LogP contribution in [0.5, 0.6) is 0 Å². The largest absolute Gasteiger partial charge is 0.329 e. The van der Waals surface area contributed by atoms with Crippen molar-refractivity contribution in [3.8, 4) is 0 Å². The van der Waals surface area contributed by atoms with Gasteiger partial charge in [0.2, 0.25) is 0 Å². The predicted molar refractivity (Wildman–Crippen MR) is 85.2 cm³/mol. The highest BCUT2D eigenvalue weighted by molar-refractivity contribution is 9.10. The van der Waals surface area contributed by atoms with Gasteiger partial charge in [-0.3, -0.25) is 0 Å². The van der Waals surface area contributed by atoms with Gasteiger partial charge in [-0.1, -0.05) is 35.0 Å². The van der Waals surface area contributed by atoms with Crippen LogP contribution in [0.15, 0.2) is 28.7 Å². The summed E-state index contributed by atoms with van der Waals surface area (Å²) < 4.78 is 1.13. The molecule has 3 heteroatoms. The average molecular weight is 325 g/mol. The number of nitrogens with one attached hydrogen (secondary N) is 1. The fourth-order valence-corrected chi connectivity index (χ4v) is 2.76. The zero-order chi connectivity index (χ0) is 13.9. The SMILES string of the molecule is CC(CNC(C)(CN)Cc1ccc(Br)cc1)C1CC1. The van der Waals surface area contributed by atoms with Crippen LogP contribution < -0.4 is 11.1 Å². The molecule has 0 saturated heterocycles. The van der Waals surface area contributed by atoms with Crippen LogP contribution in [0.2, 0.25) is 0 Å². The van der Waals surface area contributed by atoms with Gasteiger partial charge in [-0.25, -0.2) is 0 Å². The Morgan fingerprint density at radius 2 is 2.00 bits per heavy atom. The third kappa shape index (κ3) is 4.59. The first-order valence-corrected chi connectivity index (χ1v) is 8.01. The minimum absolute atomic E-state index is 0.00300. The standard InChI is InChI=1S/C16H25BrN2/c1-12(14-5-6-14)10-19-16(2,11-18)9-13-3-7-15(17)8-4-13/h3-4,7-8,12,14,19H,5-6,9-11,18H2,1-2H3. The van der Waals surface area contributed by atoms with Crippen molar-refractivity contribution in [1.82, 2.24) is 5.32 Å². The smallest absolute Gasteiger partial charge is 0.0316 e. The van der Waals surface area contributed by atoms with Gasteiger partial charge in [0, 0.05) is 16.6 Å². The predicted octanol–water partition coefficient (Wildman–Crippen LogP) is 3.34. The lowest BCUT2D eigenvalue weighted by atomic mass is 9.92. The quantitative estimate of drug-likeness (QED) is 0.807. The van der Waals surface area contributed by atoms with Crippen molar-refractivity contribution >= 4 is 15.9 Å². The van der Waals surface area contributed by atoms with Gasteiger partial charge in [-0.15, -0.1) is 0 Å². The van der Waals surface area contributed by atoms with Gasteiger partial charge < -0.3 is 11.1 Å². The molecule has 1 saturated carbocycles. The van der Waals surface area contributed by atoms with Crippen LogP contribution in [0.4, 0.5) is 0 Å². The second-order valence-corrected chi connectivity index (χ2v) is 7.18. The second kappa shape index (κ2) is 6.38. The molecule has 1 aliphatic carbocycles. The molecule has 19 heavy (non-hydrogen) atoms. The van der Waals surface area contributed by atoms with Crippen molar-refractivity contribution < 1.29 is 0 Å². The highest BCUT2D eigenvalue weighted by Gasteiger charge is 2.30. The van der Waals surface area contributed by atoms with E-state index in [1.807, 2.05) is 0 Å². The Balaban J connectivity index is 1.90. The molecule has 2 nitrogen and oxygen atoms in total. The van der Waals surface area contributed by atoms with E-state index >= 15 is 0 Å². The molecule has 0 spiro atoms. The van der Waals surface area contributed by atoms with Gasteiger partial charge in [0.1, 0.15) is 0 Å². The summed E-state index contributed by atoms with van der Waals surface area (Å²) in [6.45, 7) is 6.32. The van der Waals surface area contributed by atoms with Crippen molar-refractivity contribution in [3.63, 3.8) is 0 Å². The summed E-state index contributed by atoms with van der Waals surface area (Å²) in [7, 11) is 0. The van der Waals surface area contributed by atoms with Gasteiger partial charge >= 0.3 is 0 Å². The van der Waals surface area contributed by atoms with Crippen LogP contribution in [0.25, 0.3) is 0 Å². The van der Waals surface area contributed by atoms with Gasteiger partial charge in [0.05, 0.1) is 0 Å². The van der Waals surface area contributed by atoms with E-state index in [9.17, 15) is 0 Å². The van der Waals surface area contributed by atoms with Crippen molar-refractivity contribution in [1.29, 1.82) is 0 Å². The molecule has 3 N–H and O–H groups in total. The topological polar surface area (TPSA) is 38.0 Å². The Bertz CT molecular complexity index is 400. The zero-order valence-electron chi connectivity index (χ0n) is 12.0. The first kappa shape index (κ1) is 15.0. The molecule has 106 valence electrons. The number of benzene rings is 1. The Morgan fingerprint density at radius 1 is 1.37 bits per heavy atom. The summed E-state index contributed by atoms with van der Waals surface area (Å²) in [5.74, 6) is 1.72. The minimum Gasteiger partial charge on any atom is -0.329 e. The van der Waals surface area contributed by atoms with E-state index in [1.54, 1.807) is 0 Å². The lowest BCUT2D eigenvalue weighted by Crippen LogP contribution is -2.51. The van der Waals surface area contributed by atoms with Gasteiger partial charge in [0.15, 0.2) is 0 Å². The van der Waals surface area contributed by atoms with E-state index in [4.69, 9.17) is 5.73 Å². The third-order valence-corrected chi connectivity index (χ3v) is 4.76. The van der Waals surface area contributed by atoms with Crippen molar-refractivity contribution in [2.75, 3.05) is 13.1 Å². The number of hydrogen-bond acceptors (Lipinski definition) is 2. The maximum absolute atomic E-state index is 5.99. The van der Waals surface area contributed by atoms with Crippen LogP contribution in [0.3, 0.4) is 0 Å². The normalized spacial score (nSPS) is 20.0. The maximum atomic E-state index is 5.99. The second-order valence-electron chi connectivity index (χ2n) is 6.26. The molecule has 0 amide bonds. The summed E-state index contributed by atoms with van der Waals surface area (Å²) in [5, 5.41) is 3.69. The van der Waals surface area contributed by atoms with E-state index in [2.05, 4.69) is 59.4 Å². The maximum Gasteiger partial charge on any atom is 0.0316 e. The summed E-state index contributed by atoms with van der Waals surface area (Å²) >= 11 is 3.47. The summed E-state index contributed by atoms with van der Waals surface area (Å²) in [5.41, 5.74) is 7.32. The molecule has 1 aromatic carbocycles. The highest BCUT2D eigenvalue weighted by Crippen LogP contribution is 2.36. The lowest BCUT2D eigenvalue weighted by molar-refractivity contribution is 0.322. The number of nitrogens with two attached hydrogens (primary N) is 1. The Morgan fingerprint density at radius 3 is 2.53 bits per heavy atom. The lowest BCUT2D eigenvalue weighted by Gasteiger charge is -2.31. The van der Waals surface area contributed by atoms with E-state index in [0.29, 0.717) is 6.54 Å². The average Bonchev–Trinajstić information content (AvgIpc) is 3.23. The molecule has 0 heterocycles. The fraction of sp³-hybridized carbons (Fsp3) is 0.625. The Kier molecular flexibility index (Phi) is 5.04. The molecule has 2 rings (SSSR count). The zero-order valence-corrected chi connectivity index (χ0v) is 13.5. The van der Waals surface area contributed by atoms with Crippen LogP contribution >= 0.6 is 15.9 Å². The Labute approximate surface area is 125 Å². The van der Waals surface area contributed by atoms with Crippen LogP contribution in [-0.2, 0) is 6.42 Å². The van der Waals surface area contributed by atoms with E-state index in [1.165, 1.54) is 18.4 Å². The van der Waals surface area contributed by atoms with Crippen LogP contribution in [0.1, 0.15) is 32.3 Å². The molecule has 1 aromatic rings. The van der Waals surface area contributed by atoms with Crippen molar-refractivity contribution in [3.05, 3.63) is 34.3 Å². The summed E-state index contributed by atoms with van der Waals surface area (Å²) in [6.07, 6.45) is 3.80. The number of rotatable bonds is 7. The first-order chi connectivity index (χ1) is 9.02. The molecule has 0 aliphatic heterocycles. The molecule has 2 unspecified atom stereocenters. The molecule has 1 fully saturated rings. The monoisotopic (exact) mass is 324 g/mol. The Hall–Kier alpha value is -0.380. The van der Waals surface area contributed by atoms with Crippen LogP contribution in [-0.4, -0.2) is 18.6 Å². The van der Waals surface area contributed by atoms with Gasteiger partial charge in [0.25, 0.3) is 0 Å². The van der Waals surface area contributed by atoms with Gasteiger partial charge in [-0.05, 0) is 62.3 Å². The number of halogens is 1. The minimum atomic E-state index is -0.00300. The highest BCUT2D eigenvalue weighted by atomic mass is 79.9.